The van der Waals surface area contributed by atoms with Gasteiger partial charge in [-0.3, -0.25) is 0 Å². The van der Waals surface area contributed by atoms with Crippen molar-refractivity contribution >= 4 is 22.1 Å². The molecule has 2 aromatic carbocycles. The summed E-state index contributed by atoms with van der Waals surface area (Å²) in [5.41, 5.74) is 6.99. The van der Waals surface area contributed by atoms with E-state index in [1.54, 1.807) is 0 Å². The molecule has 8 nitrogen and oxygen atoms in total. The first kappa shape index (κ1) is 20.5. The smallest absolute Gasteiger partial charge is 0.140 e. The van der Waals surface area contributed by atoms with Crippen LogP contribution in [0.25, 0.3) is 22.1 Å². The van der Waals surface area contributed by atoms with Gasteiger partial charge in [-0.2, -0.15) is 0 Å². The Balaban J connectivity index is 1.58. The normalized spacial score (nSPS) is 16.1. The summed E-state index contributed by atoms with van der Waals surface area (Å²) in [5.74, 6) is 0.231. The highest BCUT2D eigenvalue weighted by Gasteiger charge is 2.35. The molecule has 2 heterocycles. The average molecular weight is 410 g/mol. The van der Waals surface area contributed by atoms with E-state index in [0.29, 0.717) is 11.0 Å². The molecule has 6 N–H and O–H groups in total. The number of imidazole rings is 2. The van der Waals surface area contributed by atoms with Crippen molar-refractivity contribution in [2.45, 2.75) is 52.1 Å². The fourth-order valence-electron chi connectivity index (χ4n) is 3.56. The lowest BCUT2D eigenvalue weighted by Gasteiger charge is -2.24. The van der Waals surface area contributed by atoms with E-state index in [2.05, 4.69) is 19.9 Å². The number of nitrogens with zero attached hydrogens (tertiary/aromatic N) is 2. The summed E-state index contributed by atoms with van der Waals surface area (Å²) in [6, 6.07) is 7.58. The Labute approximate surface area is 173 Å². The standard InChI is InChI=1S/C22H26N4O4/c1-9-5-13-14(6-10(9)2)24-21(23-13)19(29)17(27)18(28)20(30)22-25-15-7-11(3)12(4)8-16(15)26-22/h5-8,17-20,27-30H,1-4H3,(H,23,24)(H,25,26)/t17-,18-,19-,20+/m0/s1. The lowest BCUT2D eigenvalue weighted by Crippen LogP contribution is -2.37. The van der Waals surface area contributed by atoms with Crippen LogP contribution in [-0.4, -0.2) is 52.6 Å². The summed E-state index contributed by atoms with van der Waals surface area (Å²) in [4.78, 5) is 14.6. The number of rotatable bonds is 5. The van der Waals surface area contributed by atoms with E-state index < -0.39 is 24.4 Å². The van der Waals surface area contributed by atoms with Crippen LogP contribution in [-0.2, 0) is 0 Å². The molecule has 2 aromatic heterocycles. The predicted molar refractivity (Wildman–Crippen MR) is 113 cm³/mol. The monoisotopic (exact) mass is 410 g/mol. The van der Waals surface area contributed by atoms with Crippen LogP contribution < -0.4 is 0 Å². The van der Waals surface area contributed by atoms with Gasteiger partial charge in [0, 0.05) is 0 Å². The minimum atomic E-state index is -1.68. The van der Waals surface area contributed by atoms with E-state index in [4.69, 9.17) is 0 Å². The van der Waals surface area contributed by atoms with Gasteiger partial charge in [-0.15, -0.1) is 0 Å². The van der Waals surface area contributed by atoms with E-state index in [-0.39, 0.29) is 11.6 Å². The van der Waals surface area contributed by atoms with Gasteiger partial charge in [-0.1, -0.05) is 0 Å². The van der Waals surface area contributed by atoms with Crippen molar-refractivity contribution in [3.8, 4) is 0 Å². The number of fused-ring (bicyclic) bond motifs is 2. The molecular formula is C22H26N4O4. The fourth-order valence-corrected chi connectivity index (χ4v) is 3.56. The van der Waals surface area contributed by atoms with E-state index in [9.17, 15) is 20.4 Å². The minimum Gasteiger partial charge on any atom is -0.387 e. The zero-order chi connectivity index (χ0) is 21.7. The van der Waals surface area contributed by atoms with Gasteiger partial charge >= 0.3 is 0 Å². The number of benzene rings is 2. The number of H-pyrrole nitrogens is 2. The molecule has 0 saturated carbocycles. The van der Waals surface area contributed by atoms with Gasteiger partial charge in [0.25, 0.3) is 0 Å². The Morgan fingerprint density at radius 1 is 0.600 bits per heavy atom. The van der Waals surface area contributed by atoms with Crippen LogP contribution in [0.3, 0.4) is 0 Å². The highest BCUT2D eigenvalue weighted by molar-refractivity contribution is 5.78. The number of hydrogen-bond donors (Lipinski definition) is 6. The van der Waals surface area contributed by atoms with Crippen LogP contribution in [0.1, 0.15) is 46.1 Å². The molecule has 158 valence electrons. The zero-order valence-corrected chi connectivity index (χ0v) is 17.3. The SMILES string of the molecule is Cc1cc2nc([C@@H](O)[C@@H](O)[C@H](O)[C@@H](O)c3nc4cc(C)c(C)cc4[nH]3)[nH]c2cc1C. The molecule has 0 radical (unpaired) electrons. The van der Waals surface area contributed by atoms with Gasteiger partial charge in [0.2, 0.25) is 0 Å². The molecule has 0 aliphatic carbocycles. The Morgan fingerprint density at radius 3 is 1.30 bits per heavy atom. The van der Waals surface area contributed by atoms with Crippen LogP contribution in [0.2, 0.25) is 0 Å². The van der Waals surface area contributed by atoms with Crippen molar-refractivity contribution in [1.29, 1.82) is 0 Å². The van der Waals surface area contributed by atoms with Crippen LogP contribution in [0.15, 0.2) is 24.3 Å². The van der Waals surface area contributed by atoms with E-state index in [1.165, 1.54) is 0 Å². The lowest BCUT2D eigenvalue weighted by atomic mass is 10.0. The average Bonchev–Trinajstić information content (AvgIpc) is 3.30. The summed E-state index contributed by atoms with van der Waals surface area (Å²) < 4.78 is 0. The third-order valence-corrected chi connectivity index (χ3v) is 5.79. The molecule has 0 aliphatic rings. The van der Waals surface area contributed by atoms with Crippen LogP contribution >= 0.6 is 0 Å². The number of nitrogens with one attached hydrogen (secondary N) is 2. The molecule has 30 heavy (non-hydrogen) atoms. The first-order valence-corrected chi connectivity index (χ1v) is 9.81. The molecule has 4 atom stereocenters. The minimum absolute atomic E-state index is 0.115. The van der Waals surface area contributed by atoms with Crippen molar-refractivity contribution in [3.63, 3.8) is 0 Å². The number of aromatic amines is 2. The molecule has 0 saturated heterocycles. The van der Waals surface area contributed by atoms with Gasteiger partial charge in [0.05, 0.1) is 22.1 Å². The van der Waals surface area contributed by atoms with Crippen LogP contribution in [0, 0.1) is 27.7 Å². The number of aliphatic hydroxyl groups excluding tert-OH is 4. The lowest BCUT2D eigenvalue weighted by molar-refractivity contribution is -0.111. The van der Waals surface area contributed by atoms with Crippen molar-refractivity contribution < 1.29 is 20.4 Å². The molecule has 0 amide bonds. The van der Waals surface area contributed by atoms with Crippen molar-refractivity contribution in [1.82, 2.24) is 19.9 Å². The number of aryl methyl sites for hydroxylation is 4. The van der Waals surface area contributed by atoms with Crippen LogP contribution in [0.4, 0.5) is 0 Å². The van der Waals surface area contributed by atoms with Gasteiger partial charge in [-0.25, -0.2) is 9.97 Å². The molecule has 0 bridgehead atoms. The van der Waals surface area contributed by atoms with Crippen molar-refractivity contribution in [3.05, 3.63) is 58.2 Å². The molecular weight excluding hydrogens is 384 g/mol. The molecule has 8 heteroatoms. The summed E-state index contributed by atoms with van der Waals surface area (Å²) in [7, 11) is 0. The Bertz CT molecular complexity index is 1060. The summed E-state index contributed by atoms with van der Waals surface area (Å²) >= 11 is 0. The maximum atomic E-state index is 10.6. The maximum Gasteiger partial charge on any atom is 0.140 e. The Morgan fingerprint density at radius 2 is 0.933 bits per heavy atom. The molecule has 0 unspecified atom stereocenters. The van der Waals surface area contributed by atoms with Gasteiger partial charge < -0.3 is 30.4 Å². The molecule has 0 fully saturated rings. The van der Waals surface area contributed by atoms with Crippen molar-refractivity contribution in [2.24, 2.45) is 0 Å². The second kappa shape index (κ2) is 7.48. The Hall–Kier alpha value is -2.78. The quantitative estimate of drug-likeness (QED) is 0.298. The van der Waals surface area contributed by atoms with E-state index >= 15 is 0 Å². The number of aromatic nitrogens is 4. The summed E-state index contributed by atoms with van der Waals surface area (Å²) in [6.07, 6.45) is -6.40. The summed E-state index contributed by atoms with van der Waals surface area (Å²) in [6.45, 7) is 7.86. The van der Waals surface area contributed by atoms with Crippen LogP contribution in [0.5, 0.6) is 0 Å². The molecule has 4 aromatic rings. The molecule has 4 rings (SSSR count). The molecule has 0 aliphatic heterocycles. The Kier molecular flexibility index (Phi) is 5.11. The largest absolute Gasteiger partial charge is 0.387 e. The first-order valence-electron chi connectivity index (χ1n) is 9.81. The summed E-state index contributed by atoms with van der Waals surface area (Å²) in [5, 5.41) is 42.1. The predicted octanol–water partition coefficient (Wildman–Crippen LogP) is 2.16. The van der Waals surface area contributed by atoms with Gasteiger partial charge in [0.1, 0.15) is 36.1 Å². The number of aliphatic hydroxyl groups is 4. The topological polar surface area (TPSA) is 138 Å². The third-order valence-electron chi connectivity index (χ3n) is 5.79. The van der Waals surface area contributed by atoms with E-state index in [1.807, 2.05) is 52.0 Å². The highest BCUT2D eigenvalue weighted by atomic mass is 16.4. The van der Waals surface area contributed by atoms with Gasteiger partial charge in [0.15, 0.2) is 0 Å². The third kappa shape index (κ3) is 3.48. The second-order valence-corrected chi connectivity index (χ2v) is 8.02. The van der Waals surface area contributed by atoms with Crippen molar-refractivity contribution in [2.75, 3.05) is 0 Å². The maximum absolute atomic E-state index is 10.6. The number of hydrogen-bond acceptors (Lipinski definition) is 6. The fraction of sp³-hybridized carbons (Fsp3) is 0.364. The van der Waals surface area contributed by atoms with E-state index in [0.717, 1.165) is 33.3 Å². The second-order valence-electron chi connectivity index (χ2n) is 8.02. The van der Waals surface area contributed by atoms with Gasteiger partial charge in [-0.05, 0) is 74.2 Å². The molecule has 0 spiro atoms. The first-order chi connectivity index (χ1) is 14.2. The zero-order valence-electron chi connectivity index (χ0n) is 17.3. The highest BCUT2D eigenvalue weighted by Crippen LogP contribution is 2.28.